The van der Waals surface area contributed by atoms with Crippen molar-refractivity contribution in [3.8, 4) is 5.75 Å². The van der Waals surface area contributed by atoms with Gasteiger partial charge >= 0.3 is 6.09 Å². The van der Waals surface area contributed by atoms with Crippen LogP contribution in [0.2, 0.25) is 0 Å². The highest BCUT2D eigenvalue weighted by Crippen LogP contribution is 2.24. The lowest BCUT2D eigenvalue weighted by Crippen LogP contribution is -2.33. The molecule has 0 aliphatic rings. The van der Waals surface area contributed by atoms with Crippen molar-refractivity contribution in [1.29, 1.82) is 0 Å². The highest BCUT2D eigenvalue weighted by molar-refractivity contribution is 5.84. The number of ether oxygens (including phenoxy) is 5. The summed E-state index contributed by atoms with van der Waals surface area (Å²) in [5.41, 5.74) is 1.63. The van der Waals surface area contributed by atoms with Gasteiger partial charge in [0.1, 0.15) is 18.0 Å². The zero-order chi connectivity index (χ0) is 21.8. The van der Waals surface area contributed by atoms with E-state index in [1.807, 2.05) is 45.2 Å². The first-order valence-corrected chi connectivity index (χ1v) is 10.2. The average Bonchev–Trinajstić information content (AvgIpc) is 3.08. The Morgan fingerprint density at radius 2 is 1.73 bits per heavy atom. The summed E-state index contributed by atoms with van der Waals surface area (Å²) >= 11 is 0. The first kappa shape index (κ1) is 24.0. The van der Waals surface area contributed by atoms with Crippen LogP contribution in [-0.4, -0.2) is 70.0 Å². The number of nitrogens with one attached hydrogen (secondary N) is 2. The van der Waals surface area contributed by atoms with Gasteiger partial charge in [0.05, 0.1) is 33.0 Å². The number of hydrogen-bond donors (Lipinski definition) is 2. The van der Waals surface area contributed by atoms with Gasteiger partial charge < -0.3 is 34.0 Å². The van der Waals surface area contributed by atoms with Gasteiger partial charge in [-0.3, -0.25) is 0 Å². The van der Waals surface area contributed by atoms with E-state index in [1.54, 1.807) is 7.11 Å². The van der Waals surface area contributed by atoms with Gasteiger partial charge in [0, 0.05) is 30.8 Å². The van der Waals surface area contributed by atoms with E-state index in [2.05, 4.69) is 10.3 Å². The van der Waals surface area contributed by atoms with Gasteiger partial charge in [-0.1, -0.05) is 0 Å². The van der Waals surface area contributed by atoms with Crippen molar-refractivity contribution < 1.29 is 28.5 Å². The molecule has 0 saturated carbocycles. The summed E-state index contributed by atoms with van der Waals surface area (Å²) < 4.78 is 26.8. The molecule has 2 N–H and O–H groups in total. The average molecular weight is 423 g/mol. The van der Waals surface area contributed by atoms with Crippen LogP contribution in [0.3, 0.4) is 0 Å². The van der Waals surface area contributed by atoms with E-state index in [0.717, 1.165) is 22.2 Å². The molecule has 0 bridgehead atoms. The fraction of sp³-hybridized carbons (Fsp3) is 0.591. The van der Waals surface area contributed by atoms with Gasteiger partial charge in [-0.2, -0.15) is 0 Å². The number of H-pyrrole nitrogens is 1. The van der Waals surface area contributed by atoms with E-state index in [1.165, 1.54) is 0 Å². The SMILES string of the molecule is COCCOCCOCCOc1ccc2[nH]cc(CCNC(=O)OC(C)(C)C)c2c1. The number of methoxy groups -OCH3 is 1. The maximum absolute atomic E-state index is 11.8. The van der Waals surface area contributed by atoms with Crippen LogP contribution in [0.4, 0.5) is 4.79 Å². The second-order valence-electron chi connectivity index (χ2n) is 7.77. The van der Waals surface area contributed by atoms with E-state index in [4.69, 9.17) is 23.7 Å². The molecule has 2 aromatic rings. The molecule has 0 aliphatic carbocycles. The molecular weight excluding hydrogens is 388 g/mol. The minimum Gasteiger partial charge on any atom is -0.491 e. The summed E-state index contributed by atoms with van der Waals surface area (Å²) in [6, 6.07) is 5.91. The van der Waals surface area contributed by atoms with Gasteiger partial charge in [0.15, 0.2) is 0 Å². The Morgan fingerprint density at radius 1 is 1.03 bits per heavy atom. The standard InChI is InChI=1S/C22H34N2O6/c1-22(2,3)30-21(25)23-8-7-17-16-24-20-6-5-18(15-19(17)20)29-14-13-28-12-11-27-10-9-26-4/h5-6,15-16,24H,7-14H2,1-4H3,(H,23,25). The summed E-state index contributed by atoms with van der Waals surface area (Å²) in [5.74, 6) is 0.781. The molecule has 168 valence electrons. The van der Waals surface area contributed by atoms with Crippen LogP contribution in [0.1, 0.15) is 26.3 Å². The Kier molecular flexibility index (Phi) is 9.93. The van der Waals surface area contributed by atoms with E-state index >= 15 is 0 Å². The molecule has 0 atom stereocenters. The molecular formula is C22H34N2O6. The number of hydrogen-bond acceptors (Lipinski definition) is 6. The summed E-state index contributed by atoms with van der Waals surface area (Å²) in [5, 5.41) is 3.86. The second kappa shape index (κ2) is 12.4. The summed E-state index contributed by atoms with van der Waals surface area (Å²) in [6.45, 7) is 9.20. The fourth-order valence-electron chi connectivity index (χ4n) is 2.75. The lowest BCUT2D eigenvalue weighted by molar-refractivity contribution is 0.0180. The summed E-state index contributed by atoms with van der Waals surface area (Å²) in [4.78, 5) is 15.0. The molecule has 8 nitrogen and oxygen atoms in total. The van der Waals surface area contributed by atoms with Crippen LogP contribution in [0.25, 0.3) is 10.9 Å². The van der Waals surface area contributed by atoms with Gasteiger partial charge in [0.25, 0.3) is 0 Å². The van der Waals surface area contributed by atoms with E-state index in [-0.39, 0.29) is 0 Å². The number of fused-ring (bicyclic) bond motifs is 1. The Hall–Kier alpha value is -2.29. The second-order valence-corrected chi connectivity index (χ2v) is 7.77. The van der Waals surface area contributed by atoms with E-state index < -0.39 is 11.7 Å². The van der Waals surface area contributed by atoms with Gasteiger partial charge in [0.2, 0.25) is 0 Å². The topological polar surface area (TPSA) is 91.0 Å². The number of aromatic nitrogens is 1. The van der Waals surface area contributed by atoms with Crippen molar-refractivity contribution in [2.75, 3.05) is 53.3 Å². The van der Waals surface area contributed by atoms with Crippen LogP contribution in [0.15, 0.2) is 24.4 Å². The van der Waals surface area contributed by atoms with E-state index in [9.17, 15) is 4.79 Å². The number of carbonyl (C=O) groups is 1. The van der Waals surface area contributed by atoms with Crippen molar-refractivity contribution in [2.24, 2.45) is 0 Å². The number of aromatic amines is 1. The first-order chi connectivity index (χ1) is 14.4. The van der Waals surface area contributed by atoms with Gasteiger partial charge in [-0.25, -0.2) is 4.79 Å². The number of benzene rings is 1. The van der Waals surface area contributed by atoms with Crippen molar-refractivity contribution in [2.45, 2.75) is 32.8 Å². The summed E-state index contributed by atoms with van der Waals surface area (Å²) in [7, 11) is 1.64. The minimum absolute atomic E-state index is 0.407. The van der Waals surface area contributed by atoms with E-state index in [0.29, 0.717) is 52.6 Å². The predicted octanol–water partition coefficient (Wildman–Crippen LogP) is 3.29. The fourth-order valence-corrected chi connectivity index (χ4v) is 2.75. The zero-order valence-corrected chi connectivity index (χ0v) is 18.4. The quantitative estimate of drug-likeness (QED) is 0.482. The van der Waals surface area contributed by atoms with Crippen LogP contribution < -0.4 is 10.1 Å². The van der Waals surface area contributed by atoms with Crippen molar-refractivity contribution in [1.82, 2.24) is 10.3 Å². The Labute approximate surface area is 178 Å². The first-order valence-electron chi connectivity index (χ1n) is 10.2. The molecule has 0 unspecified atom stereocenters. The molecule has 0 aliphatic heterocycles. The van der Waals surface area contributed by atoms with Crippen LogP contribution in [0, 0.1) is 0 Å². The molecule has 0 radical (unpaired) electrons. The van der Waals surface area contributed by atoms with Crippen molar-refractivity contribution in [3.63, 3.8) is 0 Å². The zero-order valence-electron chi connectivity index (χ0n) is 18.4. The maximum Gasteiger partial charge on any atom is 0.407 e. The number of rotatable bonds is 13. The third kappa shape index (κ3) is 9.02. The maximum atomic E-state index is 11.8. The van der Waals surface area contributed by atoms with Gasteiger partial charge in [-0.15, -0.1) is 0 Å². The molecule has 1 aromatic heterocycles. The molecule has 0 spiro atoms. The smallest absolute Gasteiger partial charge is 0.407 e. The minimum atomic E-state index is -0.502. The van der Waals surface area contributed by atoms with Crippen molar-refractivity contribution >= 4 is 17.0 Å². The molecule has 1 amide bonds. The predicted molar refractivity (Wildman–Crippen MR) is 115 cm³/mol. The number of amides is 1. The van der Waals surface area contributed by atoms with Crippen LogP contribution in [0.5, 0.6) is 5.75 Å². The molecule has 1 aromatic carbocycles. The lowest BCUT2D eigenvalue weighted by atomic mass is 10.1. The largest absolute Gasteiger partial charge is 0.491 e. The third-order valence-corrected chi connectivity index (χ3v) is 4.10. The monoisotopic (exact) mass is 422 g/mol. The highest BCUT2D eigenvalue weighted by Gasteiger charge is 2.15. The Balaban J connectivity index is 1.73. The lowest BCUT2D eigenvalue weighted by Gasteiger charge is -2.19. The van der Waals surface area contributed by atoms with Crippen molar-refractivity contribution in [3.05, 3.63) is 30.0 Å². The molecule has 0 fully saturated rings. The number of alkyl carbamates (subject to hydrolysis) is 1. The highest BCUT2D eigenvalue weighted by atomic mass is 16.6. The third-order valence-electron chi connectivity index (χ3n) is 4.10. The summed E-state index contributed by atoms with van der Waals surface area (Å²) in [6.07, 6.45) is 2.24. The normalized spacial score (nSPS) is 11.6. The van der Waals surface area contributed by atoms with Gasteiger partial charge in [-0.05, 0) is 51.0 Å². The molecule has 2 rings (SSSR count). The molecule has 30 heavy (non-hydrogen) atoms. The van der Waals surface area contributed by atoms with Crippen LogP contribution >= 0.6 is 0 Å². The molecule has 0 saturated heterocycles. The van der Waals surface area contributed by atoms with Crippen LogP contribution in [-0.2, 0) is 25.4 Å². The Morgan fingerprint density at radius 3 is 2.43 bits per heavy atom. The molecule has 8 heteroatoms. The number of carbonyl (C=O) groups excluding carboxylic acids is 1. The Bertz CT molecular complexity index is 769. The molecule has 1 heterocycles.